The Morgan fingerprint density at radius 2 is 1.86 bits per heavy atom. The van der Waals surface area contributed by atoms with Gasteiger partial charge in [-0.1, -0.05) is 0 Å². The number of nitrogens with two attached hydrogens (primary N) is 3. The summed E-state index contributed by atoms with van der Waals surface area (Å²) in [5, 5.41) is 0. The molecule has 6 N–H and O–H groups in total. The van der Waals surface area contributed by atoms with E-state index in [4.69, 9.17) is 11.5 Å². The topological polar surface area (TPSA) is 95.1 Å². The summed E-state index contributed by atoms with van der Waals surface area (Å²) in [4.78, 5) is 9.88. The van der Waals surface area contributed by atoms with E-state index in [0.29, 0.717) is 0 Å². The molecule has 0 saturated heterocycles. The van der Waals surface area contributed by atoms with Crippen molar-refractivity contribution in [3.63, 3.8) is 0 Å². The summed E-state index contributed by atoms with van der Waals surface area (Å²) in [6.07, 6.45) is 0.961. The second-order valence-corrected chi connectivity index (χ2v) is 0.986. The first-order valence-electron chi connectivity index (χ1n) is 1.65. The summed E-state index contributed by atoms with van der Waals surface area (Å²) in [6.45, 7) is 0. The lowest BCUT2D eigenvalue weighted by Crippen LogP contribution is -2.20. The smallest absolute Gasteiger partial charge is 0.266 e. The average molecular weight is 101 g/mol. The van der Waals surface area contributed by atoms with Crippen LogP contribution < -0.4 is 17.2 Å². The third-order valence-electron chi connectivity index (χ3n) is 0.464. The fraction of sp³-hybridized carbons (Fsp3) is 0. The summed E-state index contributed by atoms with van der Waals surface area (Å²) in [5.74, 6) is -0.692. The van der Waals surface area contributed by atoms with E-state index in [1.165, 1.54) is 0 Å². The summed E-state index contributed by atoms with van der Waals surface area (Å²) in [6, 6.07) is 0. The van der Waals surface area contributed by atoms with Crippen LogP contribution in [0.5, 0.6) is 0 Å². The molecule has 0 spiro atoms. The molecule has 0 unspecified atom stereocenters. The highest BCUT2D eigenvalue weighted by atomic mass is 16.1. The third-order valence-corrected chi connectivity index (χ3v) is 0.464. The van der Waals surface area contributed by atoms with Gasteiger partial charge in [-0.2, -0.15) is 0 Å². The van der Waals surface area contributed by atoms with E-state index in [-0.39, 0.29) is 5.70 Å². The second-order valence-electron chi connectivity index (χ2n) is 0.986. The van der Waals surface area contributed by atoms with Crippen molar-refractivity contribution in [2.75, 3.05) is 0 Å². The zero-order valence-corrected chi connectivity index (χ0v) is 3.72. The predicted molar refractivity (Wildman–Crippen MR) is 25.7 cm³/mol. The van der Waals surface area contributed by atoms with Crippen LogP contribution in [-0.4, -0.2) is 5.91 Å². The maximum Gasteiger partial charge on any atom is 0.266 e. The highest BCUT2D eigenvalue weighted by Crippen LogP contribution is 1.70. The first-order chi connectivity index (χ1) is 3.18. The minimum Gasteiger partial charge on any atom is -0.403 e. The number of carbonyl (C=O) groups excluding carboxylic acids is 1. The van der Waals surface area contributed by atoms with Gasteiger partial charge in [0.2, 0.25) is 0 Å². The molecule has 0 aliphatic rings. The van der Waals surface area contributed by atoms with E-state index < -0.39 is 5.91 Å². The molecule has 0 aliphatic carbocycles. The summed E-state index contributed by atoms with van der Waals surface area (Å²) in [7, 11) is 0. The van der Waals surface area contributed by atoms with Gasteiger partial charge in [0.25, 0.3) is 5.91 Å². The Bertz CT molecular complexity index is 107. The molecule has 0 rings (SSSR count). The SMILES string of the molecule is N/C=C(\N)C(N)=O. The van der Waals surface area contributed by atoms with Crippen molar-refractivity contribution in [2.45, 2.75) is 0 Å². The number of primary amides is 1. The molecule has 7 heavy (non-hydrogen) atoms. The molecular weight excluding hydrogens is 94.1 g/mol. The van der Waals surface area contributed by atoms with E-state index in [1.807, 2.05) is 0 Å². The first-order valence-corrected chi connectivity index (χ1v) is 1.65. The zero-order chi connectivity index (χ0) is 5.86. The Morgan fingerprint density at radius 3 is 1.86 bits per heavy atom. The summed E-state index contributed by atoms with van der Waals surface area (Å²) >= 11 is 0. The van der Waals surface area contributed by atoms with Crippen molar-refractivity contribution in [3.05, 3.63) is 11.9 Å². The quantitative estimate of drug-likeness (QED) is 0.341. The van der Waals surface area contributed by atoms with Crippen LogP contribution in [0.25, 0.3) is 0 Å². The molecule has 0 saturated carbocycles. The van der Waals surface area contributed by atoms with Gasteiger partial charge in [0.05, 0.1) is 0 Å². The van der Waals surface area contributed by atoms with Gasteiger partial charge in [-0.25, -0.2) is 0 Å². The van der Waals surface area contributed by atoms with Gasteiger partial charge in [0.15, 0.2) is 0 Å². The highest BCUT2D eigenvalue weighted by Gasteiger charge is 1.91. The second kappa shape index (κ2) is 2.07. The first kappa shape index (κ1) is 5.81. The Kier molecular flexibility index (Phi) is 1.72. The molecule has 0 aromatic carbocycles. The summed E-state index contributed by atoms with van der Waals surface area (Å²) < 4.78 is 0. The fourth-order valence-electron chi connectivity index (χ4n) is 0.0821. The number of rotatable bonds is 1. The van der Waals surface area contributed by atoms with Gasteiger partial charge in [-0.15, -0.1) is 0 Å². The fourth-order valence-corrected chi connectivity index (χ4v) is 0.0821. The van der Waals surface area contributed by atoms with Crippen LogP contribution in [0.3, 0.4) is 0 Å². The van der Waals surface area contributed by atoms with Crippen molar-refractivity contribution < 1.29 is 4.79 Å². The van der Waals surface area contributed by atoms with E-state index in [9.17, 15) is 4.79 Å². The molecule has 4 heteroatoms. The Labute approximate surface area is 41.0 Å². The van der Waals surface area contributed by atoms with Crippen LogP contribution in [0.4, 0.5) is 0 Å². The highest BCUT2D eigenvalue weighted by molar-refractivity contribution is 5.90. The van der Waals surface area contributed by atoms with Gasteiger partial charge >= 0.3 is 0 Å². The molecule has 0 aliphatic heterocycles. The Balaban J connectivity index is 3.82. The van der Waals surface area contributed by atoms with Crippen LogP contribution in [0.15, 0.2) is 11.9 Å². The van der Waals surface area contributed by atoms with Crippen molar-refractivity contribution in [2.24, 2.45) is 17.2 Å². The van der Waals surface area contributed by atoms with Crippen LogP contribution in [0.1, 0.15) is 0 Å². The standard InChI is InChI=1S/C3H7N3O/c4-1-2(5)3(6)7/h1H,4-5H2,(H2,6,7)/b2-1-. The average Bonchev–Trinajstić information content (AvgIpc) is 1.65. The maximum atomic E-state index is 9.88. The molecule has 40 valence electrons. The van der Waals surface area contributed by atoms with E-state index in [1.54, 1.807) is 0 Å². The molecular formula is C3H7N3O. The molecule has 0 fully saturated rings. The molecule has 0 bridgehead atoms. The van der Waals surface area contributed by atoms with Crippen molar-refractivity contribution in [1.29, 1.82) is 0 Å². The van der Waals surface area contributed by atoms with Crippen molar-refractivity contribution in [3.8, 4) is 0 Å². The lowest BCUT2D eigenvalue weighted by Gasteiger charge is -1.86. The van der Waals surface area contributed by atoms with Gasteiger partial charge in [-0.05, 0) is 0 Å². The van der Waals surface area contributed by atoms with E-state index in [0.717, 1.165) is 6.20 Å². The third kappa shape index (κ3) is 1.64. The Morgan fingerprint density at radius 1 is 1.43 bits per heavy atom. The monoisotopic (exact) mass is 101 g/mol. The molecule has 0 radical (unpaired) electrons. The molecule has 4 nitrogen and oxygen atoms in total. The van der Waals surface area contributed by atoms with Crippen LogP contribution in [0.2, 0.25) is 0 Å². The number of hydrogen-bond acceptors (Lipinski definition) is 3. The molecule has 0 aromatic rings. The molecule has 0 heterocycles. The molecule has 1 amide bonds. The van der Waals surface area contributed by atoms with Crippen LogP contribution >= 0.6 is 0 Å². The van der Waals surface area contributed by atoms with Gasteiger partial charge in [0.1, 0.15) is 5.70 Å². The van der Waals surface area contributed by atoms with Crippen LogP contribution in [0, 0.1) is 0 Å². The van der Waals surface area contributed by atoms with E-state index in [2.05, 4.69) is 5.73 Å². The minimum atomic E-state index is -0.692. The van der Waals surface area contributed by atoms with Gasteiger partial charge in [0, 0.05) is 6.20 Å². The largest absolute Gasteiger partial charge is 0.403 e. The molecule has 0 atom stereocenters. The van der Waals surface area contributed by atoms with Crippen LogP contribution in [-0.2, 0) is 4.79 Å². The maximum absolute atomic E-state index is 9.88. The number of hydrogen-bond donors (Lipinski definition) is 3. The normalized spacial score (nSPS) is 11.1. The van der Waals surface area contributed by atoms with Gasteiger partial charge < -0.3 is 17.2 Å². The lowest BCUT2D eigenvalue weighted by molar-refractivity contribution is -0.114. The van der Waals surface area contributed by atoms with Gasteiger partial charge in [-0.3, -0.25) is 4.79 Å². The number of amides is 1. The number of carbonyl (C=O) groups is 1. The van der Waals surface area contributed by atoms with Crippen molar-refractivity contribution >= 4 is 5.91 Å². The predicted octanol–water partition coefficient (Wildman–Crippen LogP) is -1.77. The minimum absolute atomic E-state index is 0.111. The molecule has 0 aromatic heterocycles. The Hall–Kier alpha value is -1.19. The lowest BCUT2D eigenvalue weighted by atomic mass is 10.5. The zero-order valence-electron chi connectivity index (χ0n) is 3.72. The summed E-state index contributed by atoms with van der Waals surface area (Å²) in [5.41, 5.74) is 14.2. The van der Waals surface area contributed by atoms with Crippen molar-refractivity contribution in [1.82, 2.24) is 0 Å². The van der Waals surface area contributed by atoms with E-state index >= 15 is 0 Å².